The first-order valence-electron chi connectivity index (χ1n) is 8.81. The Bertz CT molecular complexity index is 843. The summed E-state index contributed by atoms with van der Waals surface area (Å²) in [7, 11) is 0. The maximum Gasteiger partial charge on any atom is 0.274 e. The van der Waals surface area contributed by atoms with Crippen molar-refractivity contribution in [1.82, 2.24) is 10.3 Å². The van der Waals surface area contributed by atoms with Gasteiger partial charge in [-0.3, -0.25) is 19.4 Å². The monoisotopic (exact) mass is 367 g/mol. The van der Waals surface area contributed by atoms with Crippen molar-refractivity contribution in [3.63, 3.8) is 0 Å². The Morgan fingerprint density at radius 3 is 2.56 bits per heavy atom. The molecule has 2 heterocycles. The number of rotatable bonds is 6. The lowest BCUT2D eigenvalue weighted by Crippen LogP contribution is -2.32. The van der Waals surface area contributed by atoms with Crippen molar-refractivity contribution >= 4 is 23.3 Å². The molecule has 140 valence electrons. The van der Waals surface area contributed by atoms with Crippen LogP contribution in [0.2, 0.25) is 0 Å². The molecule has 2 N–H and O–H groups in total. The number of nitrogens with one attached hydrogen (secondary N) is 2. The van der Waals surface area contributed by atoms with Crippen LogP contribution in [0, 0.1) is 0 Å². The number of benzene rings is 1. The van der Waals surface area contributed by atoms with Crippen LogP contribution in [0.15, 0.2) is 42.6 Å². The Kier molecular flexibility index (Phi) is 5.93. The molecule has 0 spiro atoms. The molecule has 0 bridgehead atoms. The summed E-state index contributed by atoms with van der Waals surface area (Å²) in [5, 5.41) is 5.52. The summed E-state index contributed by atoms with van der Waals surface area (Å²) in [6, 6.07) is 9.58. The first-order chi connectivity index (χ1) is 13.0. The van der Waals surface area contributed by atoms with E-state index in [0.717, 1.165) is 19.4 Å². The first-order valence-corrected chi connectivity index (χ1v) is 8.81. The molecule has 1 aliphatic rings. The van der Waals surface area contributed by atoms with Crippen LogP contribution in [0.4, 0.5) is 5.69 Å². The van der Waals surface area contributed by atoms with Crippen LogP contribution in [-0.4, -0.2) is 41.8 Å². The van der Waals surface area contributed by atoms with E-state index in [-0.39, 0.29) is 23.5 Å². The van der Waals surface area contributed by atoms with E-state index in [4.69, 9.17) is 4.74 Å². The minimum Gasteiger partial charge on any atom is -0.376 e. The SMILES string of the molecule is CC(=O)c1ccc(NC(=O)c2cc(C(=O)NCC3CCCO3)ccn2)cc1. The lowest BCUT2D eigenvalue weighted by molar-refractivity contribution is 0.0857. The van der Waals surface area contributed by atoms with Crippen molar-refractivity contribution in [2.75, 3.05) is 18.5 Å². The Balaban J connectivity index is 1.62. The van der Waals surface area contributed by atoms with E-state index >= 15 is 0 Å². The molecule has 1 saturated heterocycles. The second kappa shape index (κ2) is 8.55. The maximum absolute atomic E-state index is 12.4. The minimum atomic E-state index is -0.431. The van der Waals surface area contributed by atoms with Gasteiger partial charge in [0.05, 0.1) is 6.10 Å². The van der Waals surface area contributed by atoms with Gasteiger partial charge in [0, 0.05) is 36.2 Å². The van der Waals surface area contributed by atoms with Crippen molar-refractivity contribution in [2.45, 2.75) is 25.9 Å². The molecule has 0 radical (unpaired) electrons. The van der Waals surface area contributed by atoms with E-state index in [2.05, 4.69) is 15.6 Å². The quantitative estimate of drug-likeness (QED) is 0.765. The van der Waals surface area contributed by atoms with Crippen LogP contribution < -0.4 is 10.6 Å². The molecule has 1 unspecified atom stereocenters. The number of anilines is 1. The molecule has 2 amide bonds. The Hall–Kier alpha value is -3.06. The second-order valence-corrected chi connectivity index (χ2v) is 6.36. The van der Waals surface area contributed by atoms with Gasteiger partial charge in [0.25, 0.3) is 11.8 Å². The maximum atomic E-state index is 12.4. The summed E-state index contributed by atoms with van der Waals surface area (Å²) in [6.07, 6.45) is 3.42. The fourth-order valence-electron chi connectivity index (χ4n) is 2.79. The van der Waals surface area contributed by atoms with E-state index < -0.39 is 5.91 Å². The van der Waals surface area contributed by atoms with Crippen molar-refractivity contribution in [2.24, 2.45) is 0 Å². The predicted molar refractivity (Wildman–Crippen MR) is 99.9 cm³/mol. The normalized spacial score (nSPS) is 16.0. The summed E-state index contributed by atoms with van der Waals surface area (Å²) in [5.41, 5.74) is 1.60. The zero-order valence-electron chi connectivity index (χ0n) is 15.0. The summed E-state index contributed by atoms with van der Waals surface area (Å²) >= 11 is 0. The summed E-state index contributed by atoms with van der Waals surface area (Å²) in [5.74, 6) is -0.747. The second-order valence-electron chi connectivity index (χ2n) is 6.36. The van der Waals surface area contributed by atoms with Gasteiger partial charge < -0.3 is 15.4 Å². The van der Waals surface area contributed by atoms with Gasteiger partial charge in [-0.1, -0.05) is 0 Å². The molecule has 7 nitrogen and oxygen atoms in total. The van der Waals surface area contributed by atoms with Gasteiger partial charge >= 0.3 is 0 Å². The van der Waals surface area contributed by atoms with E-state index in [9.17, 15) is 14.4 Å². The smallest absolute Gasteiger partial charge is 0.274 e. The Labute approximate surface area is 157 Å². The fraction of sp³-hybridized carbons (Fsp3) is 0.300. The van der Waals surface area contributed by atoms with Crippen LogP contribution >= 0.6 is 0 Å². The fourth-order valence-corrected chi connectivity index (χ4v) is 2.79. The van der Waals surface area contributed by atoms with E-state index in [1.165, 1.54) is 19.2 Å². The van der Waals surface area contributed by atoms with E-state index in [1.807, 2.05) is 0 Å². The number of hydrogen-bond donors (Lipinski definition) is 2. The summed E-state index contributed by atoms with van der Waals surface area (Å²) in [6.45, 7) is 2.66. The van der Waals surface area contributed by atoms with Crippen molar-refractivity contribution in [3.05, 3.63) is 59.4 Å². The van der Waals surface area contributed by atoms with Crippen LogP contribution in [-0.2, 0) is 4.74 Å². The molecule has 3 rings (SSSR count). The molecule has 0 saturated carbocycles. The molecule has 1 aromatic heterocycles. The summed E-state index contributed by atoms with van der Waals surface area (Å²) in [4.78, 5) is 40.0. The number of ether oxygens (including phenoxy) is 1. The lowest BCUT2D eigenvalue weighted by Gasteiger charge is -2.11. The topological polar surface area (TPSA) is 97.4 Å². The number of aromatic nitrogens is 1. The van der Waals surface area contributed by atoms with E-state index in [0.29, 0.717) is 23.4 Å². The van der Waals surface area contributed by atoms with Crippen molar-refractivity contribution in [1.29, 1.82) is 0 Å². The molecular formula is C20H21N3O4. The van der Waals surface area contributed by atoms with Gasteiger partial charge in [-0.15, -0.1) is 0 Å². The van der Waals surface area contributed by atoms with Crippen LogP contribution in [0.25, 0.3) is 0 Å². The number of pyridine rings is 1. The number of carbonyl (C=O) groups excluding carboxylic acids is 3. The standard InChI is InChI=1S/C20H21N3O4/c1-13(24)14-4-6-16(7-5-14)23-20(26)18-11-15(8-9-21-18)19(25)22-12-17-3-2-10-27-17/h4-9,11,17H,2-3,10,12H2,1H3,(H,22,25)(H,23,26). The Morgan fingerprint density at radius 1 is 1.11 bits per heavy atom. The van der Waals surface area contributed by atoms with Gasteiger partial charge in [-0.25, -0.2) is 0 Å². The predicted octanol–water partition coefficient (Wildman–Crippen LogP) is 2.45. The average molecular weight is 367 g/mol. The van der Waals surface area contributed by atoms with Crippen LogP contribution in [0.5, 0.6) is 0 Å². The highest BCUT2D eigenvalue weighted by molar-refractivity contribution is 6.05. The zero-order chi connectivity index (χ0) is 19.2. The van der Waals surface area contributed by atoms with Gasteiger partial charge in [-0.05, 0) is 56.2 Å². The highest BCUT2D eigenvalue weighted by atomic mass is 16.5. The molecule has 1 atom stereocenters. The molecule has 0 aliphatic carbocycles. The van der Waals surface area contributed by atoms with Gasteiger partial charge in [0.2, 0.25) is 0 Å². The zero-order valence-corrected chi connectivity index (χ0v) is 15.0. The number of Topliss-reactive ketones (excluding diaryl/α,β-unsaturated/α-hetero) is 1. The van der Waals surface area contributed by atoms with Crippen molar-refractivity contribution < 1.29 is 19.1 Å². The van der Waals surface area contributed by atoms with Gasteiger partial charge in [-0.2, -0.15) is 0 Å². The molecular weight excluding hydrogens is 346 g/mol. The van der Waals surface area contributed by atoms with Crippen molar-refractivity contribution in [3.8, 4) is 0 Å². The molecule has 27 heavy (non-hydrogen) atoms. The molecule has 1 fully saturated rings. The van der Waals surface area contributed by atoms with Crippen LogP contribution in [0.3, 0.4) is 0 Å². The summed E-state index contributed by atoms with van der Waals surface area (Å²) < 4.78 is 5.48. The molecule has 1 aromatic carbocycles. The number of carbonyl (C=O) groups is 3. The Morgan fingerprint density at radius 2 is 1.89 bits per heavy atom. The highest BCUT2D eigenvalue weighted by Crippen LogP contribution is 2.13. The van der Waals surface area contributed by atoms with E-state index in [1.54, 1.807) is 30.3 Å². The third-order valence-electron chi connectivity index (χ3n) is 4.32. The van der Waals surface area contributed by atoms with Gasteiger partial charge in [0.15, 0.2) is 5.78 Å². The molecule has 7 heteroatoms. The third-order valence-corrected chi connectivity index (χ3v) is 4.32. The minimum absolute atomic E-state index is 0.0451. The lowest BCUT2D eigenvalue weighted by atomic mass is 10.1. The molecule has 1 aliphatic heterocycles. The largest absolute Gasteiger partial charge is 0.376 e. The first kappa shape index (κ1) is 18.7. The number of ketones is 1. The molecule has 2 aromatic rings. The highest BCUT2D eigenvalue weighted by Gasteiger charge is 2.17. The third kappa shape index (κ3) is 4.98. The van der Waals surface area contributed by atoms with Gasteiger partial charge in [0.1, 0.15) is 5.69 Å². The van der Waals surface area contributed by atoms with Crippen LogP contribution in [0.1, 0.15) is 51.0 Å². The number of hydrogen-bond acceptors (Lipinski definition) is 5. The number of amides is 2. The number of nitrogens with zero attached hydrogens (tertiary/aromatic N) is 1. The average Bonchev–Trinajstić information content (AvgIpc) is 3.20.